The number of nitro groups is 1. The molecule has 1 saturated carbocycles. The van der Waals surface area contributed by atoms with Crippen LogP contribution in [0.25, 0.3) is 0 Å². The molecular weight excluding hydrogens is 272 g/mol. The topological polar surface area (TPSA) is 96.3 Å². The molecule has 114 valence electrons. The fourth-order valence-corrected chi connectivity index (χ4v) is 1.88. The average Bonchev–Trinajstić information content (AvgIpc) is 3.26. The van der Waals surface area contributed by atoms with Gasteiger partial charge in [-0.15, -0.1) is 0 Å². The van der Waals surface area contributed by atoms with E-state index < -0.39 is 4.92 Å². The Morgan fingerprint density at radius 1 is 1.29 bits per heavy atom. The summed E-state index contributed by atoms with van der Waals surface area (Å²) in [5, 5.41) is 19.8. The zero-order valence-corrected chi connectivity index (χ0v) is 12.0. The number of benzene rings is 1. The van der Waals surface area contributed by atoms with E-state index >= 15 is 0 Å². The van der Waals surface area contributed by atoms with Crippen LogP contribution in [0.2, 0.25) is 0 Å². The van der Waals surface area contributed by atoms with Gasteiger partial charge in [0.25, 0.3) is 5.69 Å². The number of nitrogens with one attached hydrogen (secondary N) is 3. The SMILES string of the molecule is CCCNc1cc(NCC(=O)NC2CC2)cc([N+](=O)[O-])c1. The molecule has 7 nitrogen and oxygen atoms in total. The Labute approximate surface area is 123 Å². The average molecular weight is 292 g/mol. The van der Waals surface area contributed by atoms with Crippen LogP contribution in [0.15, 0.2) is 18.2 Å². The zero-order valence-electron chi connectivity index (χ0n) is 12.0. The summed E-state index contributed by atoms with van der Waals surface area (Å²) in [5.74, 6) is -0.0907. The predicted octanol–water partition coefficient (Wildman–Crippen LogP) is 2.11. The molecule has 21 heavy (non-hydrogen) atoms. The van der Waals surface area contributed by atoms with Crippen LogP contribution in [0, 0.1) is 10.1 Å². The minimum Gasteiger partial charge on any atom is -0.385 e. The van der Waals surface area contributed by atoms with E-state index in [1.165, 1.54) is 12.1 Å². The quantitative estimate of drug-likeness (QED) is 0.503. The van der Waals surface area contributed by atoms with Crippen molar-refractivity contribution in [1.82, 2.24) is 5.32 Å². The summed E-state index contributed by atoms with van der Waals surface area (Å²) in [6.45, 7) is 2.87. The Bertz CT molecular complexity index is 529. The second kappa shape index (κ2) is 6.92. The van der Waals surface area contributed by atoms with Crippen LogP contribution < -0.4 is 16.0 Å². The molecule has 1 aliphatic rings. The van der Waals surface area contributed by atoms with Crippen molar-refractivity contribution in [3.63, 3.8) is 0 Å². The maximum Gasteiger partial charge on any atom is 0.273 e. The largest absolute Gasteiger partial charge is 0.385 e. The van der Waals surface area contributed by atoms with Gasteiger partial charge >= 0.3 is 0 Å². The molecule has 1 aromatic carbocycles. The van der Waals surface area contributed by atoms with Crippen molar-refractivity contribution >= 4 is 23.0 Å². The number of non-ortho nitro benzene ring substituents is 1. The van der Waals surface area contributed by atoms with Gasteiger partial charge in [-0.3, -0.25) is 14.9 Å². The van der Waals surface area contributed by atoms with E-state index in [1.807, 2.05) is 6.92 Å². The van der Waals surface area contributed by atoms with E-state index in [9.17, 15) is 14.9 Å². The van der Waals surface area contributed by atoms with Crippen LogP contribution in [-0.2, 0) is 4.79 Å². The number of nitro benzene ring substituents is 1. The first-order valence-electron chi connectivity index (χ1n) is 7.15. The van der Waals surface area contributed by atoms with Crippen molar-refractivity contribution in [2.45, 2.75) is 32.2 Å². The Balaban J connectivity index is 2.00. The number of carbonyl (C=O) groups is 1. The van der Waals surface area contributed by atoms with Crippen LogP contribution in [0.1, 0.15) is 26.2 Å². The zero-order chi connectivity index (χ0) is 15.2. The number of amides is 1. The highest BCUT2D eigenvalue weighted by atomic mass is 16.6. The summed E-state index contributed by atoms with van der Waals surface area (Å²) in [6, 6.07) is 5.01. The first kappa shape index (κ1) is 15.1. The second-order valence-electron chi connectivity index (χ2n) is 5.15. The molecule has 0 heterocycles. The van der Waals surface area contributed by atoms with Gasteiger partial charge in [0.2, 0.25) is 5.91 Å². The maximum absolute atomic E-state index is 11.6. The molecular formula is C14H20N4O3. The van der Waals surface area contributed by atoms with Crippen LogP contribution in [0.3, 0.4) is 0 Å². The molecule has 0 saturated heterocycles. The lowest BCUT2D eigenvalue weighted by molar-refractivity contribution is -0.384. The molecule has 0 aromatic heterocycles. The molecule has 1 amide bonds. The Morgan fingerprint density at radius 2 is 1.95 bits per heavy atom. The van der Waals surface area contributed by atoms with Gasteiger partial charge in [-0.2, -0.15) is 0 Å². The summed E-state index contributed by atoms with van der Waals surface area (Å²) in [7, 11) is 0. The smallest absolute Gasteiger partial charge is 0.273 e. The van der Waals surface area contributed by atoms with Crippen molar-refractivity contribution in [2.24, 2.45) is 0 Å². The Morgan fingerprint density at radius 3 is 2.52 bits per heavy atom. The Hall–Kier alpha value is -2.31. The molecule has 0 spiro atoms. The van der Waals surface area contributed by atoms with Gasteiger partial charge in [-0.25, -0.2) is 0 Å². The first-order chi connectivity index (χ1) is 10.1. The van der Waals surface area contributed by atoms with E-state index in [0.29, 0.717) is 17.4 Å². The van der Waals surface area contributed by atoms with E-state index in [-0.39, 0.29) is 18.1 Å². The number of carbonyl (C=O) groups excluding carboxylic acids is 1. The predicted molar refractivity (Wildman–Crippen MR) is 81.5 cm³/mol. The van der Waals surface area contributed by atoms with Crippen molar-refractivity contribution in [1.29, 1.82) is 0 Å². The van der Waals surface area contributed by atoms with Gasteiger partial charge in [-0.05, 0) is 25.3 Å². The van der Waals surface area contributed by atoms with Gasteiger partial charge in [0.15, 0.2) is 0 Å². The summed E-state index contributed by atoms with van der Waals surface area (Å²) >= 11 is 0. The van der Waals surface area contributed by atoms with Gasteiger partial charge < -0.3 is 16.0 Å². The minimum atomic E-state index is -0.438. The van der Waals surface area contributed by atoms with E-state index in [1.54, 1.807) is 6.07 Å². The third-order valence-electron chi connectivity index (χ3n) is 3.10. The van der Waals surface area contributed by atoms with Gasteiger partial charge in [0, 0.05) is 36.1 Å². The van der Waals surface area contributed by atoms with Gasteiger partial charge in [0.1, 0.15) is 0 Å². The van der Waals surface area contributed by atoms with Crippen molar-refractivity contribution in [2.75, 3.05) is 23.7 Å². The van der Waals surface area contributed by atoms with E-state index in [2.05, 4.69) is 16.0 Å². The Kier molecular flexibility index (Phi) is 4.97. The van der Waals surface area contributed by atoms with Crippen molar-refractivity contribution in [3.8, 4) is 0 Å². The molecule has 1 aliphatic carbocycles. The molecule has 7 heteroatoms. The lowest BCUT2D eigenvalue weighted by Crippen LogP contribution is -2.31. The van der Waals surface area contributed by atoms with Crippen LogP contribution in [0.5, 0.6) is 0 Å². The van der Waals surface area contributed by atoms with Crippen LogP contribution >= 0.6 is 0 Å². The van der Waals surface area contributed by atoms with Crippen molar-refractivity contribution < 1.29 is 9.72 Å². The lowest BCUT2D eigenvalue weighted by Gasteiger charge is -2.10. The van der Waals surface area contributed by atoms with Gasteiger partial charge in [0.05, 0.1) is 11.5 Å². The normalized spacial score (nSPS) is 13.6. The highest BCUT2D eigenvalue weighted by Crippen LogP contribution is 2.24. The molecule has 3 N–H and O–H groups in total. The first-order valence-corrected chi connectivity index (χ1v) is 7.15. The van der Waals surface area contributed by atoms with E-state index in [0.717, 1.165) is 25.8 Å². The third-order valence-corrected chi connectivity index (χ3v) is 3.10. The molecule has 0 atom stereocenters. The fraction of sp³-hybridized carbons (Fsp3) is 0.500. The lowest BCUT2D eigenvalue weighted by atomic mass is 10.2. The maximum atomic E-state index is 11.6. The molecule has 1 fully saturated rings. The highest BCUT2D eigenvalue weighted by Gasteiger charge is 2.22. The molecule has 0 aliphatic heterocycles. The number of hydrogen-bond donors (Lipinski definition) is 3. The molecule has 0 unspecified atom stereocenters. The highest BCUT2D eigenvalue weighted by molar-refractivity contribution is 5.81. The van der Waals surface area contributed by atoms with Crippen LogP contribution in [0.4, 0.5) is 17.1 Å². The molecule has 0 radical (unpaired) electrons. The number of hydrogen-bond acceptors (Lipinski definition) is 5. The summed E-state index contributed by atoms with van der Waals surface area (Å²) in [4.78, 5) is 22.1. The number of anilines is 2. The third kappa shape index (κ3) is 4.94. The summed E-state index contributed by atoms with van der Waals surface area (Å²) in [5.41, 5.74) is 1.24. The number of rotatable bonds is 8. The molecule has 0 bridgehead atoms. The second-order valence-corrected chi connectivity index (χ2v) is 5.15. The summed E-state index contributed by atoms with van der Waals surface area (Å²) in [6.07, 6.45) is 3.00. The monoisotopic (exact) mass is 292 g/mol. The molecule has 1 aromatic rings. The molecule has 2 rings (SSSR count). The van der Waals surface area contributed by atoms with Crippen molar-refractivity contribution in [3.05, 3.63) is 28.3 Å². The fourth-order valence-electron chi connectivity index (χ4n) is 1.88. The number of nitrogens with zero attached hydrogens (tertiary/aromatic N) is 1. The summed E-state index contributed by atoms with van der Waals surface area (Å²) < 4.78 is 0. The van der Waals surface area contributed by atoms with Crippen LogP contribution in [-0.4, -0.2) is 30.0 Å². The minimum absolute atomic E-state index is 0.00111. The standard InChI is InChI=1S/C14H20N4O3/c1-2-5-15-11-6-12(8-13(7-11)18(20)21)16-9-14(19)17-10-3-4-10/h6-8,10,15-16H,2-5,9H2,1H3,(H,17,19). The van der Waals surface area contributed by atoms with E-state index in [4.69, 9.17) is 0 Å². The van der Waals surface area contributed by atoms with Gasteiger partial charge in [-0.1, -0.05) is 6.92 Å².